The van der Waals surface area contributed by atoms with Crippen LogP contribution in [0.1, 0.15) is 35.5 Å². The van der Waals surface area contributed by atoms with E-state index in [0.717, 1.165) is 11.1 Å². The van der Waals surface area contributed by atoms with Crippen molar-refractivity contribution < 1.29 is 14.6 Å². The summed E-state index contributed by atoms with van der Waals surface area (Å²) in [6.07, 6.45) is 1.52. The Kier molecular flexibility index (Phi) is 5.49. The quantitative estimate of drug-likeness (QED) is 0.858. The highest BCUT2D eigenvalue weighted by atomic mass is 16.5. The van der Waals surface area contributed by atoms with Gasteiger partial charge in [0.2, 0.25) is 0 Å². The minimum atomic E-state index is -0.302. The maximum Gasteiger partial charge on any atom is 0.274 e. The number of ether oxygens (including phenoxy) is 1. The molecule has 0 bridgehead atoms. The van der Waals surface area contributed by atoms with Gasteiger partial charge in [0.25, 0.3) is 5.91 Å². The van der Waals surface area contributed by atoms with Crippen LogP contribution < -0.4 is 10.1 Å². The summed E-state index contributed by atoms with van der Waals surface area (Å²) in [5, 5.41) is 12.1. The Morgan fingerprint density at radius 2 is 1.95 bits per heavy atom. The number of aliphatic hydroxyl groups is 1. The number of nitrogens with zero attached hydrogens (tertiary/aromatic N) is 1. The smallest absolute Gasteiger partial charge is 0.274 e. The predicted molar refractivity (Wildman–Crippen MR) is 83.5 cm³/mol. The number of amides is 1. The molecule has 1 amide bonds. The molecule has 0 fully saturated rings. The average Bonchev–Trinajstić information content (AvgIpc) is 2.52. The molecule has 0 aliphatic rings. The lowest BCUT2D eigenvalue weighted by Gasteiger charge is -2.13. The van der Waals surface area contributed by atoms with Crippen LogP contribution in [-0.4, -0.2) is 22.1 Å². The Balaban J connectivity index is 2.10. The largest absolute Gasteiger partial charge is 0.489 e. The fourth-order valence-corrected chi connectivity index (χ4v) is 2.05. The second-order valence-corrected chi connectivity index (χ2v) is 5.13. The number of hydrogen-bond acceptors (Lipinski definition) is 4. The molecule has 5 heteroatoms. The molecule has 2 rings (SSSR count). The summed E-state index contributed by atoms with van der Waals surface area (Å²) in [4.78, 5) is 16.4. The monoisotopic (exact) mass is 300 g/mol. The summed E-state index contributed by atoms with van der Waals surface area (Å²) >= 11 is 0. The highest BCUT2D eigenvalue weighted by Crippen LogP contribution is 2.17. The van der Waals surface area contributed by atoms with Gasteiger partial charge in [-0.1, -0.05) is 24.3 Å². The van der Waals surface area contributed by atoms with Gasteiger partial charge in [-0.05, 0) is 37.1 Å². The third-order valence-corrected chi connectivity index (χ3v) is 3.08. The van der Waals surface area contributed by atoms with Crippen LogP contribution >= 0.6 is 0 Å². The summed E-state index contributed by atoms with van der Waals surface area (Å²) in [7, 11) is 0. The van der Waals surface area contributed by atoms with Crippen molar-refractivity contribution in [2.24, 2.45) is 0 Å². The molecular formula is C17H20N2O3. The van der Waals surface area contributed by atoms with Gasteiger partial charge in [-0.25, -0.2) is 4.98 Å². The van der Waals surface area contributed by atoms with Crippen LogP contribution in [0, 0.1) is 0 Å². The fourth-order valence-electron chi connectivity index (χ4n) is 2.05. The normalized spacial score (nSPS) is 10.5. The van der Waals surface area contributed by atoms with E-state index in [2.05, 4.69) is 10.3 Å². The van der Waals surface area contributed by atoms with Crippen molar-refractivity contribution >= 4 is 5.91 Å². The van der Waals surface area contributed by atoms with Gasteiger partial charge in [0.1, 0.15) is 0 Å². The molecule has 2 N–H and O–H groups in total. The standard InChI is InChI=1S/C17H20N2O3/c1-12(2)22-15-8-5-9-18-16(15)17(21)19-10-13-6-3-4-7-14(13)11-20/h3-9,12,20H,10-11H2,1-2H3,(H,19,21). The van der Waals surface area contributed by atoms with E-state index < -0.39 is 0 Å². The Labute approximate surface area is 130 Å². The fraction of sp³-hybridized carbons (Fsp3) is 0.294. The van der Waals surface area contributed by atoms with Crippen LogP contribution in [0.25, 0.3) is 0 Å². The molecular weight excluding hydrogens is 280 g/mol. The van der Waals surface area contributed by atoms with Crippen molar-refractivity contribution in [3.05, 3.63) is 59.4 Å². The number of nitrogens with one attached hydrogen (secondary N) is 1. The zero-order chi connectivity index (χ0) is 15.9. The van der Waals surface area contributed by atoms with Crippen molar-refractivity contribution in [3.8, 4) is 5.75 Å². The molecule has 0 atom stereocenters. The third-order valence-electron chi connectivity index (χ3n) is 3.08. The molecule has 0 saturated carbocycles. The number of benzene rings is 1. The Hall–Kier alpha value is -2.40. The Bertz CT molecular complexity index is 641. The van der Waals surface area contributed by atoms with Crippen LogP contribution in [0.15, 0.2) is 42.6 Å². The molecule has 5 nitrogen and oxygen atoms in total. The van der Waals surface area contributed by atoms with E-state index in [1.807, 2.05) is 38.1 Å². The molecule has 0 aliphatic carbocycles. The first-order valence-electron chi connectivity index (χ1n) is 7.19. The van der Waals surface area contributed by atoms with E-state index in [0.29, 0.717) is 12.3 Å². The second-order valence-electron chi connectivity index (χ2n) is 5.13. The molecule has 0 aliphatic heterocycles. The van der Waals surface area contributed by atoms with E-state index in [-0.39, 0.29) is 24.3 Å². The molecule has 1 heterocycles. The number of aliphatic hydroxyl groups excluding tert-OH is 1. The maximum atomic E-state index is 12.3. The minimum absolute atomic E-state index is 0.0362. The SMILES string of the molecule is CC(C)Oc1cccnc1C(=O)NCc1ccccc1CO. The summed E-state index contributed by atoms with van der Waals surface area (Å²) in [6, 6.07) is 10.9. The van der Waals surface area contributed by atoms with Gasteiger partial charge in [-0.2, -0.15) is 0 Å². The van der Waals surface area contributed by atoms with Crippen molar-refractivity contribution in [1.29, 1.82) is 0 Å². The molecule has 0 unspecified atom stereocenters. The van der Waals surface area contributed by atoms with Crippen molar-refractivity contribution in [1.82, 2.24) is 10.3 Å². The number of pyridine rings is 1. The zero-order valence-corrected chi connectivity index (χ0v) is 12.7. The number of rotatable bonds is 6. The van der Waals surface area contributed by atoms with Gasteiger partial charge in [0.05, 0.1) is 12.7 Å². The maximum absolute atomic E-state index is 12.3. The van der Waals surface area contributed by atoms with Crippen LogP contribution in [0.5, 0.6) is 5.75 Å². The summed E-state index contributed by atoms with van der Waals surface area (Å²) in [6.45, 7) is 4.06. The lowest BCUT2D eigenvalue weighted by molar-refractivity contribution is 0.0939. The number of aromatic nitrogens is 1. The van der Waals surface area contributed by atoms with Crippen LogP contribution in [0.3, 0.4) is 0 Å². The first-order chi connectivity index (χ1) is 10.6. The van der Waals surface area contributed by atoms with Crippen LogP contribution in [0.2, 0.25) is 0 Å². The molecule has 1 aromatic carbocycles. The van der Waals surface area contributed by atoms with Gasteiger partial charge in [0.15, 0.2) is 11.4 Å². The van der Waals surface area contributed by atoms with E-state index >= 15 is 0 Å². The summed E-state index contributed by atoms with van der Waals surface area (Å²) < 4.78 is 5.60. The first kappa shape index (κ1) is 16.0. The van der Waals surface area contributed by atoms with Crippen molar-refractivity contribution in [3.63, 3.8) is 0 Å². The first-order valence-corrected chi connectivity index (χ1v) is 7.19. The molecule has 0 radical (unpaired) electrons. The average molecular weight is 300 g/mol. The van der Waals surface area contributed by atoms with E-state index in [4.69, 9.17) is 4.74 Å². The van der Waals surface area contributed by atoms with Gasteiger partial charge >= 0.3 is 0 Å². The molecule has 0 spiro atoms. The van der Waals surface area contributed by atoms with Gasteiger partial charge < -0.3 is 15.2 Å². The van der Waals surface area contributed by atoms with Gasteiger partial charge in [-0.15, -0.1) is 0 Å². The highest BCUT2D eigenvalue weighted by molar-refractivity contribution is 5.94. The lowest BCUT2D eigenvalue weighted by Crippen LogP contribution is -2.25. The van der Waals surface area contributed by atoms with Crippen LogP contribution in [-0.2, 0) is 13.2 Å². The third kappa shape index (κ3) is 4.05. The number of hydrogen-bond donors (Lipinski definition) is 2. The second kappa shape index (κ2) is 7.56. The van der Waals surface area contributed by atoms with Crippen molar-refractivity contribution in [2.75, 3.05) is 0 Å². The van der Waals surface area contributed by atoms with Crippen molar-refractivity contribution in [2.45, 2.75) is 33.1 Å². The van der Waals surface area contributed by atoms with E-state index in [9.17, 15) is 9.90 Å². The van der Waals surface area contributed by atoms with Crippen LogP contribution in [0.4, 0.5) is 0 Å². The zero-order valence-electron chi connectivity index (χ0n) is 12.7. The number of carbonyl (C=O) groups is 1. The van der Waals surface area contributed by atoms with E-state index in [1.165, 1.54) is 0 Å². The number of carbonyl (C=O) groups excluding carboxylic acids is 1. The highest BCUT2D eigenvalue weighted by Gasteiger charge is 2.15. The molecule has 1 aromatic heterocycles. The summed E-state index contributed by atoms with van der Waals surface area (Å²) in [5.74, 6) is 0.162. The molecule has 116 valence electrons. The Morgan fingerprint density at radius 1 is 1.23 bits per heavy atom. The molecule has 22 heavy (non-hydrogen) atoms. The summed E-state index contributed by atoms with van der Waals surface area (Å²) in [5.41, 5.74) is 1.93. The topological polar surface area (TPSA) is 71.5 Å². The van der Waals surface area contributed by atoms with E-state index in [1.54, 1.807) is 18.3 Å². The predicted octanol–water partition coefficient (Wildman–Crippen LogP) is 2.29. The minimum Gasteiger partial charge on any atom is -0.489 e. The lowest BCUT2D eigenvalue weighted by atomic mass is 10.1. The van der Waals surface area contributed by atoms with Gasteiger partial charge in [-0.3, -0.25) is 4.79 Å². The molecule has 2 aromatic rings. The van der Waals surface area contributed by atoms with Gasteiger partial charge in [0, 0.05) is 12.7 Å². The molecule has 0 saturated heterocycles. The Morgan fingerprint density at radius 3 is 2.64 bits per heavy atom.